The summed E-state index contributed by atoms with van der Waals surface area (Å²) in [4.78, 5) is 28.3. The largest absolute Gasteiger partial charge is 0.496 e. The van der Waals surface area contributed by atoms with Crippen LogP contribution in [0.1, 0.15) is 38.9 Å². The maximum absolute atomic E-state index is 13.6. The van der Waals surface area contributed by atoms with Crippen molar-refractivity contribution < 1.29 is 19.4 Å². The fourth-order valence-electron chi connectivity index (χ4n) is 3.91. The molecular formula is C22H31N5O4S. The molecule has 9 nitrogen and oxygen atoms in total. The van der Waals surface area contributed by atoms with Crippen LogP contribution in [-0.2, 0) is 15.3 Å². The summed E-state index contributed by atoms with van der Waals surface area (Å²) in [6.07, 6.45) is 1.27. The summed E-state index contributed by atoms with van der Waals surface area (Å²) in [7, 11) is 3.16. The van der Waals surface area contributed by atoms with Crippen molar-refractivity contribution in [3.63, 3.8) is 0 Å². The van der Waals surface area contributed by atoms with Crippen LogP contribution in [0.15, 0.2) is 35.4 Å². The molecule has 3 rings (SSSR count). The van der Waals surface area contributed by atoms with Crippen LogP contribution in [0.2, 0.25) is 0 Å². The number of benzene rings is 1. The SMILES string of the molecule is CNC(=O)C1CC(O)CN1C(=O)[C@@H](n1cc(CSc2ccccc2OC)nn1)C(C)(C)C. The first-order valence-electron chi connectivity index (χ1n) is 10.5. The number of ether oxygens (including phenoxy) is 1. The topological polar surface area (TPSA) is 110 Å². The van der Waals surface area contributed by atoms with Crippen molar-refractivity contribution in [2.75, 3.05) is 20.7 Å². The van der Waals surface area contributed by atoms with E-state index in [1.165, 1.54) is 11.9 Å². The fraction of sp³-hybridized carbons (Fsp3) is 0.545. The average Bonchev–Trinajstić information content (AvgIpc) is 3.37. The molecule has 0 bridgehead atoms. The lowest BCUT2D eigenvalue weighted by Gasteiger charge is -2.34. The molecule has 1 saturated heterocycles. The number of carbonyl (C=O) groups excluding carboxylic acids is 2. The van der Waals surface area contributed by atoms with E-state index < -0.39 is 23.6 Å². The van der Waals surface area contributed by atoms with Gasteiger partial charge in [-0.2, -0.15) is 0 Å². The molecular weight excluding hydrogens is 430 g/mol. The van der Waals surface area contributed by atoms with Crippen LogP contribution in [0.5, 0.6) is 5.75 Å². The number of aromatic nitrogens is 3. The number of amides is 2. The number of methoxy groups -OCH3 is 1. The summed E-state index contributed by atoms with van der Waals surface area (Å²) in [5.74, 6) is 0.821. The van der Waals surface area contributed by atoms with Gasteiger partial charge in [0.2, 0.25) is 11.8 Å². The van der Waals surface area contributed by atoms with Crippen LogP contribution in [0.4, 0.5) is 0 Å². The van der Waals surface area contributed by atoms with Crippen molar-refractivity contribution in [1.29, 1.82) is 0 Å². The zero-order chi connectivity index (χ0) is 23.5. The summed E-state index contributed by atoms with van der Waals surface area (Å²) >= 11 is 1.58. The van der Waals surface area contributed by atoms with Gasteiger partial charge in [0.1, 0.15) is 17.8 Å². The van der Waals surface area contributed by atoms with Crippen LogP contribution in [0, 0.1) is 5.41 Å². The van der Waals surface area contributed by atoms with E-state index >= 15 is 0 Å². The van der Waals surface area contributed by atoms with Gasteiger partial charge in [0.15, 0.2) is 0 Å². The highest BCUT2D eigenvalue weighted by molar-refractivity contribution is 7.98. The number of para-hydroxylation sites is 1. The Bertz CT molecular complexity index is 958. The zero-order valence-corrected chi connectivity index (χ0v) is 19.9. The zero-order valence-electron chi connectivity index (χ0n) is 19.1. The highest BCUT2D eigenvalue weighted by Crippen LogP contribution is 2.35. The second kappa shape index (κ2) is 9.91. The number of hydrogen-bond acceptors (Lipinski definition) is 7. The summed E-state index contributed by atoms with van der Waals surface area (Å²) in [5, 5.41) is 21.2. The van der Waals surface area contributed by atoms with Gasteiger partial charge < -0.3 is 20.1 Å². The van der Waals surface area contributed by atoms with E-state index in [-0.39, 0.29) is 24.8 Å². The summed E-state index contributed by atoms with van der Waals surface area (Å²) in [5.41, 5.74) is 0.241. The van der Waals surface area contributed by atoms with Crippen molar-refractivity contribution in [2.24, 2.45) is 5.41 Å². The third-order valence-electron chi connectivity index (χ3n) is 5.43. The Morgan fingerprint density at radius 3 is 2.72 bits per heavy atom. The molecule has 0 saturated carbocycles. The smallest absolute Gasteiger partial charge is 0.248 e. The number of rotatable bonds is 7. The highest BCUT2D eigenvalue weighted by Gasteiger charge is 2.44. The molecule has 2 heterocycles. The maximum atomic E-state index is 13.6. The number of nitrogens with zero attached hydrogens (tertiary/aromatic N) is 4. The molecule has 1 fully saturated rings. The van der Waals surface area contributed by atoms with Gasteiger partial charge in [-0.15, -0.1) is 16.9 Å². The Morgan fingerprint density at radius 1 is 1.34 bits per heavy atom. The molecule has 1 aromatic carbocycles. The molecule has 0 spiro atoms. The van der Waals surface area contributed by atoms with E-state index in [2.05, 4.69) is 15.6 Å². The van der Waals surface area contributed by atoms with Crippen LogP contribution in [-0.4, -0.2) is 69.7 Å². The number of hydrogen-bond donors (Lipinski definition) is 2. The monoisotopic (exact) mass is 461 g/mol. The van der Waals surface area contributed by atoms with E-state index in [9.17, 15) is 14.7 Å². The molecule has 0 aliphatic carbocycles. The van der Waals surface area contributed by atoms with Gasteiger partial charge in [-0.3, -0.25) is 9.59 Å². The third kappa shape index (κ3) is 5.24. The molecule has 2 aromatic rings. The summed E-state index contributed by atoms with van der Waals surface area (Å²) in [6.45, 7) is 5.96. The molecule has 174 valence electrons. The van der Waals surface area contributed by atoms with Crippen molar-refractivity contribution >= 4 is 23.6 Å². The standard InChI is InChI=1S/C22H31N5O4S/c1-22(2,3)19(21(30)26-12-15(28)10-16(26)20(29)23-4)27-11-14(24-25-27)13-32-18-9-7-6-8-17(18)31-5/h6-9,11,15-16,19,28H,10,12-13H2,1-5H3,(H,23,29)/t15?,16?,19-/m1/s1. The minimum Gasteiger partial charge on any atom is -0.496 e. The first kappa shape index (κ1) is 24.1. The van der Waals surface area contributed by atoms with Crippen molar-refractivity contribution in [2.45, 2.75) is 56.0 Å². The number of nitrogens with one attached hydrogen (secondary N) is 1. The van der Waals surface area contributed by atoms with Gasteiger partial charge in [-0.05, 0) is 17.5 Å². The van der Waals surface area contributed by atoms with Crippen LogP contribution >= 0.6 is 11.8 Å². The van der Waals surface area contributed by atoms with Crippen molar-refractivity contribution in [3.05, 3.63) is 36.2 Å². The number of likely N-dealkylation sites (N-methyl/N-ethyl adjacent to an activating group) is 1. The van der Waals surface area contributed by atoms with Gasteiger partial charge in [-0.1, -0.05) is 38.1 Å². The van der Waals surface area contributed by atoms with Gasteiger partial charge in [0.25, 0.3) is 0 Å². The van der Waals surface area contributed by atoms with Crippen molar-refractivity contribution in [3.8, 4) is 5.75 Å². The first-order chi connectivity index (χ1) is 15.2. The second-order valence-corrected chi connectivity index (χ2v) is 9.93. The summed E-state index contributed by atoms with van der Waals surface area (Å²) < 4.78 is 6.97. The normalized spacial score (nSPS) is 19.6. The van der Waals surface area contributed by atoms with Crippen molar-refractivity contribution in [1.82, 2.24) is 25.2 Å². The van der Waals surface area contributed by atoms with E-state index in [4.69, 9.17) is 4.74 Å². The lowest BCUT2D eigenvalue weighted by atomic mass is 9.85. The van der Waals surface area contributed by atoms with E-state index in [1.807, 2.05) is 45.0 Å². The maximum Gasteiger partial charge on any atom is 0.248 e. The van der Waals surface area contributed by atoms with Gasteiger partial charge >= 0.3 is 0 Å². The third-order valence-corrected chi connectivity index (χ3v) is 6.52. The number of thioether (sulfide) groups is 1. The molecule has 2 unspecified atom stereocenters. The van der Waals surface area contributed by atoms with Gasteiger partial charge in [0.05, 0.1) is 25.1 Å². The highest BCUT2D eigenvalue weighted by atomic mass is 32.2. The van der Waals surface area contributed by atoms with E-state index in [0.29, 0.717) is 5.75 Å². The molecule has 2 N–H and O–H groups in total. The second-order valence-electron chi connectivity index (χ2n) is 8.91. The lowest BCUT2D eigenvalue weighted by Crippen LogP contribution is -2.49. The Balaban J connectivity index is 1.81. The van der Waals surface area contributed by atoms with Gasteiger partial charge in [-0.25, -0.2) is 4.68 Å². The number of β-amino-alcohol motifs (C(OH)–C–C–N with tert-alkyl or cyclic N) is 1. The molecule has 10 heteroatoms. The van der Waals surface area contributed by atoms with Gasteiger partial charge in [0, 0.05) is 30.7 Å². The Hall–Kier alpha value is -2.59. The predicted octanol–water partition coefficient (Wildman–Crippen LogP) is 1.87. The molecule has 1 aliphatic heterocycles. The fourth-order valence-corrected chi connectivity index (χ4v) is 4.81. The molecule has 1 aliphatic rings. The predicted molar refractivity (Wildman–Crippen MR) is 121 cm³/mol. The quantitative estimate of drug-likeness (QED) is 0.606. The lowest BCUT2D eigenvalue weighted by molar-refractivity contribution is -0.144. The molecule has 32 heavy (non-hydrogen) atoms. The summed E-state index contributed by atoms with van der Waals surface area (Å²) in [6, 6.07) is 6.38. The molecule has 1 aromatic heterocycles. The Kier molecular flexibility index (Phi) is 7.45. The minimum absolute atomic E-state index is 0.120. The van der Waals surface area contributed by atoms with E-state index in [1.54, 1.807) is 29.8 Å². The van der Waals surface area contributed by atoms with E-state index in [0.717, 1.165) is 16.3 Å². The molecule has 0 radical (unpaired) electrons. The molecule has 3 atom stereocenters. The van der Waals surface area contributed by atoms with Crippen LogP contribution in [0.25, 0.3) is 0 Å². The number of carbonyl (C=O) groups is 2. The number of aliphatic hydroxyl groups is 1. The minimum atomic E-state index is -0.731. The Morgan fingerprint density at radius 2 is 2.06 bits per heavy atom. The Labute approximate surface area is 192 Å². The van der Waals surface area contributed by atoms with Crippen LogP contribution < -0.4 is 10.1 Å². The first-order valence-corrected chi connectivity index (χ1v) is 11.5. The number of aliphatic hydroxyl groups excluding tert-OH is 1. The molecule has 2 amide bonds. The van der Waals surface area contributed by atoms with Crippen LogP contribution in [0.3, 0.4) is 0 Å². The number of likely N-dealkylation sites (tertiary alicyclic amines) is 1. The average molecular weight is 462 g/mol.